The highest BCUT2D eigenvalue weighted by Crippen LogP contribution is 2.19. The second kappa shape index (κ2) is 6.20. The minimum Gasteiger partial charge on any atom is -0.363 e. The number of Topliss-reactive ketones (excluding diaryl/α,β-unsaturated/α-hetero) is 1. The molecule has 96 valence electrons. The fourth-order valence-corrected chi connectivity index (χ4v) is 1.53. The Bertz CT molecular complexity index is 426. The van der Waals surface area contributed by atoms with Crippen molar-refractivity contribution in [2.45, 2.75) is 27.2 Å². The standard InChI is InChI=1S/C15H20N2O/c1-15(2,3)14(18)12-17(11-7-10-16)13-8-5-4-6-9-13/h4-6,8-9H,7,11-12H2,1-3H3. The van der Waals surface area contributed by atoms with Crippen molar-refractivity contribution in [3.63, 3.8) is 0 Å². The highest BCUT2D eigenvalue weighted by atomic mass is 16.1. The number of carbonyl (C=O) groups is 1. The van der Waals surface area contributed by atoms with Crippen molar-refractivity contribution >= 4 is 11.5 Å². The van der Waals surface area contributed by atoms with Crippen LogP contribution in [0.25, 0.3) is 0 Å². The van der Waals surface area contributed by atoms with E-state index in [1.165, 1.54) is 0 Å². The van der Waals surface area contributed by atoms with E-state index in [9.17, 15) is 4.79 Å². The van der Waals surface area contributed by atoms with Gasteiger partial charge in [0.2, 0.25) is 0 Å². The van der Waals surface area contributed by atoms with Gasteiger partial charge < -0.3 is 4.90 Å². The minimum absolute atomic E-state index is 0.185. The number of rotatable bonds is 5. The van der Waals surface area contributed by atoms with Gasteiger partial charge in [0.15, 0.2) is 5.78 Å². The number of nitriles is 1. The molecule has 0 bridgehead atoms. The molecule has 0 aliphatic heterocycles. The maximum absolute atomic E-state index is 12.1. The van der Waals surface area contributed by atoms with Crippen LogP contribution in [0.2, 0.25) is 0 Å². The molecule has 0 aromatic heterocycles. The molecule has 3 heteroatoms. The molecule has 0 N–H and O–H groups in total. The Morgan fingerprint density at radius 3 is 2.39 bits per heavy atom. The van der Waals surface area contributed by atoms with Crippen LogP contribution < -0.4 is 4.90 Å². The Kier molecular flexibility index (Phi) is 4.91. The molecule has 0 aliphatic rings. The molecular formula is C15H20N2O. The SMILES string of the molecule is CC(C)(C)C(=O)CN(CCC#N)c1ccccc1. The molecule has 0 unspecified atom stereocenters. The zero-order chi connectivity index (χ0) is 13.6. The number of benzene rings is 1. The third-order valence-electron chi connectivity index (χ3n) is 2.79. The third kappa shape index (κ3) is 4.21. The Morgan fingerprint density at radius 1 is 1.28 bits per heavy atom. The lowest BCUT2D eigenvalue weighted by atomic mass is 9.90. The van der Waals surface area contributed by atoms with Gasteiger partial charge in [-0.1, -0.05) is 39.0 Å². The quantitative estimate of drug-likeness (QED) is 0.799. The van der Waals surface area contributed by atoms with Gasteiger partial charge in [0, 0.05) is 17.6 Å². The average Bonchev–Trinajstić information content (AvgIpc) is 2.34. The molecule has 0 amide bonds. The maximum Gasteiger partial charge on any atom is 0.157 e. The highest BCUT2D eigenvalue weighted by Gasteiger charge is 2.23. The van der Waals surface area contributed by atoms with Crippen molar-refractivity contribution in [3.05, 3.63) is 30.3 Å². The van der Waals surface area contributed by atoms with Gasteiger partial charge in [-0.3, -0.25) is 4.79 Å². The first kappa shape index (κ1) is 14.2. The number of hydrogen-bond acceptors (Lipinski definition) is 3. The van der Waals surface area contributed by atoms with Crippen molar-refractivity contribution in [2.24, 2.45) is 5.41 Å². The molecular weight excluding hydrogens is 224 g/mol. The fourth-order valence-electron chi connectivity index (χ4n) is 1.53. The van der Waals surface area contributed by atoms with Gasteiger partial charge in [-0.2, -0.15) is 5.26 Å². The van der Waals surface area contributed by atoms with Crippen LogP contribution in [0.15, 0.2) is 30.3 Å². The van der Waals surface area contributed by atoms with E-state index in [2.05, 4.69) is 6.07 Å². The molecule has 1 rings (SSSR count). The van der Waals surface area contributed by atoms with Crippen molar-refractivity contribution in [1.82, 2.24) is 0 Å². The van der Waals surface area contributed by atoms with Crippen molar-refractivity contribution in [2.75, 3.05) is 18.0 Å². The summed E-state index contributed by atoms with van der Waals surface area (Å²) in [6.45, 7) is 6.70. The van der Waals surface area contributed by atoms with Gasteiger partial charge in [-0.15, -0.1) is 0 Å². The van der Waals surface area contributed by atoms with E-state index < -0.39 is 0 Å². The first-order chi connectivity index (χ1) is 8.45. The molecule has 0 aliphatic carbocycles. The Hall–Kier alpha value is -1.82. The van der Waals surface area contributed by atoms with E-state index in [0.29, 0.717) is 19.5 Å². The smallest absolute Gasteiger partial charge is 0.157 e. The van der Waals surface area contributed by atoms with Crippen LogP contribution in [0.1, 0.15) is 27.2 Å². The van der Waals surface area contributed by atoms with Crippen LogP contribution in [-0.4, -0.2) is 18.9 Å². The first-order valence-electron chi connectivity index (χ1n) is 6.15. The van der Waals surface area contributed by atoms with Crippen LogP contribution in [0, 0.1) is 16.7 Å². The largest absolute Gasteiger partial charge is 0.363 e. The van der Waals surface area contributed by atoms with Crippen molar-refractivity contribution in [3.8, 4) is 6.07 Å². The molecule has 0 spiro atoms. The third-order valence-corrected chi connectivity index (χ3v) is 2.79. The number of ketones is 1. The molecule has 0 fully saturated rings. The van der Waals surface area contributed by atoms with Gasteiger partial charge in [0.25, 0.3) is 0 Å². The molecule has 0 atom stereocenters. The van der Waals surface area contributed by atoms with Crippen LogP contribution in [0.5, 0.6) is 0 Å². The van der Waals surface area contributed by atoms with Gasteiger partial charge >= 0.3 is 0 Å². The summed E-state index contributed by atoms with van der Waals surface area (Å²) < 4.78 is 0. The minimum atomic E-state index is -0.348. The number of hydrogen-bond donors (Lipinski definition) is 0. The van der Waals surface area contributed by atoms with E-state index in [1.807, 2.05) is 56.0 Å². The van der Waals surface area contributed by atoms with E-state index >= 15 is 0 Å². The van der Waals surface area contributed by atoms with Gasteiger partial charge in [-0.05, 0) is 12.1 Å². The molecule has 0 heterocycles. The zero-order valence-electron chi connectivity index (χ0n) is 11.3. The summed E-state index contributed by atoms with van der Waals surface area (Å²) in [4.78, 5) is 14.1. The number of carbonyl (C=O) groups excluding carboxylic acids is 1. The van der Waals surface area contributed by atoms with Crippen LogP contribution in [0.4, 0.5) is 5.69 Å². The summed E-state index contributed by atoms with van der Waals surface area (Å²) in [6, 6.07) is 11.9. The number of anilines is 1. The number of nitrogens with zero attached hydrogens (tertiary/aromatic N) is 2. The van der Waals surface area contributed by atoms with Gasteiger partial charge in [-0.25, -0.2) is 0 Å². The summed E-state index contributed by atoms with van der Waals surface area (Å²) in [7, 11) is 0. The van der Waals surface area contributed by atoms with Crippen LogP contribution >= 0.6 is 0 Å². The summed E-state index contributed by atoms with van der Waals surface area (Å²) in [5.74, 6) is 0.185. The lowest BCUT2D eigenvalue weighted by molar-refractivity contribution is -0.124. The molecule has 0 radical (unpaired) electrons. The van der Waals surface area contributed by atoms with E-state index in [1.54, 1.807) is 0 Å². The lowest BCUT2D eigenvalue weighted by Gasteiger charge is -2.27. The predicted octanol–water partition coefficient (Wildman–Crippen LogP) is 3.02. The van der Waals surface area contributed by atoms with Crippen LogP contribution in [-0.2, 0) is 4.79 Å². The molecule has 1 aromatic rings. The average molecular weight is 244 g/mol. The Labute approximate surface area is 109 Å². The Morgan fingerprint density at radius 2 is 1.89 bits per heavy atom. The fraction of sp³-hybridized carbons (Fsp3) is 0.467. The van der Waals surface area contributed by atoms with E-state index in [-0.39, 0.29) is 11.2 Å². The van der Waals surface area contributed by atoms with Gasteiger partial charge in [0.1, 0.15) is 0 Å². The lowest BCUT2D eigenvalue weighted by Crippen LogP contribution is -2.36. The predicted molar refractivity (Wildman–Crippen MR) is 73.3 cm³/mol. The zero-order valence-corrected chi connectivity index (χ0v) is 11.3. The first-order valence-corrected chi connectivity index (χ1v) is 6.15. The summed E-state index contributed by atoms with van der Waals surface area (Å²) in [5.41, 5.74) is 0.644. The van der Waals surface area contributed by atoms with Gasteiger partial charge in [0.05, 0.1) is 19.0 Å². The number of para-hydroxylation sites is 1. The second-order valence-corrected chi connectivity index (χ2v) is 5.34. The summed E-state index contributed by atoms with van der Waals surface area (Å²) in [5, 5.41) is 8.69. The normalized spacial score (nSPS) is 10.8. The molecule has 1 aromatic carbocycles. The molecule has 0 saturated heterocycles. The molecule has 0 saturated carbocycles. The van der Waals surface area contributed by atoms with Crippen molar-refractivity contribution in [1.29, 1.82) is 5.26 Å². The van der Waals surface area contributed by atoms with E-state index in [0.717, 1.165) is 5.69 Å². The second-order valence-electron chi connectivity index (χ2n) is 5.34. The topological polar surface area (TPSA) is 44.1 Å². The van der Waals surface area contributed by atoms with E-state index in [4.69, 9.17) is 5.26 Å². The summed E-state index contributed by atoms with van der Waals surface area (Å²) >= 11 is 0. The summed E-state index contributed by atoms with van der Waals surface area (Å²) in [6.07, 6.45) is 0.423. The molecule has 18 heavy (non-hydrogen) atoms. The maximum atomic E-state index is 12.1. The Balaban J connectivity index is 2.81. The van der Waals surface area contributed by atoms with Crippen molar-refractivity contribution < 1.29 is 4.79 Å². The highest BCUT2D eigenvalue weighted by molar-refractivity contribution is 5.88. The molecule has 3 nitrogen and oxygen atoms in total. The van der Waals surface area contributed by atoms with Crippen LogP contribution in [0.3, 0.4) is 0 Å². The monoisotopic (exact) mass is 244 g/mol.